The van der Waals surface area contributed by atoms with E-state index in [1.165, 1.54) is 38.5 Å². The van der Waals surface area contributed by atoms with Gasteiger partial charge in [-0.05, 0) is 5.92 Å². The molecular weight excluding hydrogens is 175 g/mol. The van der Waals surface area contributed by atoms with Gasteiger partial charge in [0.15, 0.2) is 0 Å². The van der Waals surface area contributed by atoms with E-state index in [2.05, 4.69) is 6.42 Å². The van der Waals surface area contributed by atoms with Crippen LogP contribution in [0.15, 0.2) is 0 Å². The molecule has 0 radical (unpaired) electrons. The summed E-state index contributed by atoms with van der Waals surface area (Å²) in [6.07, 6.45) is 16.5. The molecular formula is C14H23Li. The van der Waals surface area contributed by atoms with Gasteiger partial charge in [0.25, 0.3) is 0 Å². The first-order chi connectivity index (χ1) is 6.95. The van der Waals surface area contributed by atoms with Crippen LogP contribution in [0.4, 0.5) is 0 Å². The van der Waals surface area contributed by atoms with Crippen LogP contribution in [-0.2, 0) is 0 Å². The molecule has 0 bridgehead atoms. The average molecular weight is 198 g/mol. The molecule has 4 atom stereocenters. The maximum Gasteiger partial charge on any atom is 1.00 e. The summed E-state index contributed by atoms with van der Waals surface area (Å²) in [5.41, 5.74) is 0. The van der Waals surface area contributed by atoms with Crippen LogP contribution in [0.2, 0.25) is 0 Å². The van der Waals surface area contributed by atoms with Gasteiger partial charge in [-0.15, -0.1) is 0 Å². The standard InChI is InChI=1S/C14H23.Li/c1-3-7-13-11(5-1)9-10-12-6-2-4-8-14(12)13;/h9,11-14H,1-8,10H2;/q-1;+1. The van der Waals surface area contributed by atoms with Gasteiger partial charge in [0, 0.05) is 0 Å². The predicted octanol–water partition coefficient (Wildman–Crippen LogP) is 1.21. The maximum absolute atomic E-state index is 2.70. The molecule has 0 aromatic carbocycles. The molecule has 0 amide bonds. The molecule has 3 aliphatic rings. The van der Waals surface area contributed by atoms with Crippen LogP contribution in [0, 0.1) is 30.1 Å². The predicted molar refractivity (Wildman–Crippen MR) is 59.8 cm³/mol. The molecule has 0 aliphatic heterocycles. The molecule has 3 fully saturated rings. The second kappa shape index (κ2) is 5.29. The van der Waals surface area contributed by atoms with Crippen molar-refractivity contribution in [3.8, 4) is 0 Å². The summed E-state index contributed by atoms with van der Waals surface area (Å²) in [6, 6.07) is 0. The van der Waals surface area contributed by atoms with Crippen LogP contribution in [0.25, 0.3) is 0 Å². The number of hydrogen-bond acceptors (Lipinski definition) is 0. The van der Waals surface area contributed by atoms with Crippen LogP contribution < -0.4 is 18.9 Å². The third-order valence-corrected chi connectivity index (χ3v) is 5.13. The smallest absolute Gasteiger partial charge is 0.325 e. The quantitative estimate of drug-likeness (QED) is 0.405. The van der Waals surface area contributed by atoms with Crippen molar-refractivity contribution in [3.05, 3.63) is 6.42 Å². The van der Waals surface area contributed by atoms with Crippen molar-refractivity contribution >= 4 is 0 Å². The summed E-state index contributed by atoms with van der Waals surface area (Å²) < 4.78 is 0. The number of hydrogen-bond donors (Lipinski definition) is 0. The summed E-state index contributed by atoms with van der Waals surface area (Å²) in [6.45, 7) is 0. The van der Waals surface area contributed by atoms with E-state index >= 15 is 0 Å². The van der Waals surface area contributed by atoms with Gasteiger partial charge in [0.1, 0.15) is 0 Å². The minimum atomic E-state index is 0. The average Bonchev–Trinajstić information content (AvgIpc) is 2.29. The molecule has 80 valence electrons. The summed E-state index contributed by atoms with van der Waals surface area (Å²) >= 11 is 0. The van der Waals surface area contributed by atoms with Crippen molar-refractivity contribution in [1.29, 1.82) is 0 Å². The zero-order chi connectivity index (χ0) is 9.38. The second-order valence-corrected chi connectivity index (χ2v) is 5.79. The molecule has 3 saturated carbocycles. The maximum atomic E-state index is 2.70. The van der Waals surface area contributed by atoms with E-state index < -0.39 is 0 Å². The van der Waals surface area contributed by atoms with Gasteiger partial charge in [0.2, 0.25) is 0 Å². The normalized spacial score (nSPS) is 44.8. The molecule has 4 unspecified atom stereocenters. The van der Waals surface area contributed by atoms with Crippen molar-refractivity contribution < 1.29 is 18.9 Å². The van der Waals surface area contributed by atoms with Gasteiger partial charge in [0.05, 0.1) is 0 Å². The third kappa shape index (κ3) is 2.32. The van der Waals surface area contributed by atoms with Crippen molar-refractivity contribution in [1.82, 2.24) is 0 Å². The second-order valence-electron chi connectivity index (χ2n) is 5.79. The van der Waals surface area contributed by atoms with Crippen molar-refractivity contribution in [2.75, 3.05) is 0 Å². The number of rotatable bonds is 0. The minimum Gasteiger partial charge on any atom is -0.325 e. The minimum absolute atomic E-state index is 0. The van der Waals surface area contributed by atoms with Crippen molar-refractivity contribution in [3.63, 3.8) is 0 Å². The largest absolute Gasteiger partial charge is 1.00 e. The summed E-state index contributed by atoms with van der Waals surface area (Å²) in [5.74, 6) is 4.38. The van der Waals surface area contributed by atoms with Crippen molar-refractivity contribution in [2.45, 2.75) is 57.8 Å². The first kappa shape index (κ1) is 12.1. The zero-order valence-electron chi connectivity index (χ0n) is 10.3. The Bertz CT molecular complexity index is 180. The summed E-state index contributed by atoms with van der Waals surface area (Å²) in [7, 11) is 0. The fourth-order valence-electron chi connectivity index (χ4n) is 4.45. The fraction of sp³-hybridized carbons (Fsp3) is 0.929. The van der Waals surface area contributed by atoms with Gasteiger partial charge < -0.3 is 6.42 Å². The molecule has 1 heteroatoms. The van der Waals surface area contributed by atoms with E-state index in [9.17, 15) is 0 Å². The molecule has 0 N–H and O–H groups in total. The van der Waals surface area contributed by atoms with Gasteiger partial charge in [-0.3, -0.25) is 0 Å². The van der Waals surface area contributed by atoms with E-state index in [1.54, 1.807) is 19.3 Å². The Hall–Kier alpha value is 0.597. The summed E-state index contributed by atoms with van der Waals surface area (Å²) in [4.78, 5) is 0. The Morgan fingerprint density at radius 2 is 1.40 bits per heavy atom. The van der Waals surface area contributed by atoms with E-state index in [-0.39, 0.29) is 18.9 Å². The van der Waals surface area contributed by atoms with E-state index in [0.29, 0.717) is 0 Å². The first-order valence-electron chi connectivity index (χ1n) is 6.78. The van der Waals surface area contributed by atoms with Gasteiger partial charge in [-0.1, -0.05) is 63.2 Å². The molecule has 0 aromatic heterocycles. The van der Waals surface area contributed by atoms with Gasteiger partial charge in [-0.2, -0.15) is 12.3 Å². The van der Waals surface area contributed by atoms with Crippen molar-refractivity contribution in [2.24, 2.45) is 23.7 Å². The van der Waals surface area contributed by atoms with E-state index in [1.807, 2.05) is 0 Å². The fourth-order valence-corrected chi connectivity index (χ4v) is 4.45. The monoisotopic (exact) mass is 198 g/mol. The van der Waals surface area contributed by atoms with E-state index in [0.717, 1.165) is 23.7 Å². The van der Waals surface area contributed by atoms with Crippen LogP contribution in [0.5, 0.6) is 0 Å². The van der Waals surface area contributed by atoms with Crippen LogP contribution >= 0.6 is 0 Å². The molecule has 0 heterocycles. The molecule has 0 spiro atoms. The Labute approximate surface area is 107 Å². The molecule has 0 aromatic rings. The summed E-state index contributed by atoms with van der Waals surface area (Å²) in [5, 5.41) is 0. The Balaban J connectivity index is 0.000000853. The Morgan fingerprint density at radius 1 is 0.733 bits per heavy atom. The zero-order valence-corrected chi connectivity index (χ0v) is 10.3. The SMILES string of the molecule is [CH-]1CC2CCCCC2C2CCCCC12.[Li+]. The van der Waals surface area contributed by atoms with Crippen LogP contribution in [0.3, 0.4) is 0 Å². The topological polar surface area (TPSA) is 0 Å². The third-order valence-electron chi connectivity index (χ3n) is 5.13. The Morgan fingerprint density at radius 3 is 2.27 bits per heavy atom. The van der Waals surface area contributed by atoms with Gasteiger partial charge >= 0.3 is 18.9 Å². The molecule has 0 nitrogen and oxygen atoms in total. The van der Waals surface area contributed by atoms with Gasteiger partial charge in [-0.25, -0.2) is 0 Å². The molecule has 3 aliphatic carbocycles. The molecule has 0 saturated heterocycles. The van der Waals surface area contributed by atoms with Crippen LogP contribution in [-0.4, -0.2) is 0 Å². The van der Waals surface area contributed by atoms with E-state index in [4.69, 9.17) is 0 Å². The molecule has 3 rings (SSSR count). The Kier molecular flexibility index (Phi) is 4.25. The number of fused-ring (bicyclic) bond motifs is 3. The van der Waals surface area contributed by atoms with Crippen LogP contribution in [0.1, 0.15) is 57.8 Å². The molecule has 15 heavy (non-hydrogen) atoms. The first-order valence-corrected chi connectivity index (χ1v) is 6.78.